The van der Waals surface area contributed by atoms with Crippen LogP contribution in [-0.4, -0.2) is 37.7 Å². The Morgan fingerprint density at radius 3 is 2.62 bits per heavy atom. The molecule has 1 heterocycles. The third-order valence-electron chi connectivity index (χ3n) is 4.04. The highest BCUT2D eigenvalue weighted by Gasteiger charge is 2.22. The first-order valence-corrected chi connectivity index (χ1v) is 11.1. The number of nitrogens with zero attached hydrogens (tertiary/aromatic N) is 2. The van der Waals surface area contributed by atoms with Crippen molar-refractivity contribution in [3.63, 3.8) is 0 Å². The minimum Gasteiger partial charge on any atom is -0.487 e. The lowest BCUT2D eigenvalue weighted by atomic mass is 10.2. The van der Waals surface area contributed by atoms with Gasteiger partial charge in [0, 0.05) is 25.0 Å². The first kappa shape index (κ1) is 21.0. The zero-order valence-electron chi connectivity index (χ0n) is 16.2. The molecule has 2 aromatic carbocycles. The first-order valence-electron chi connectivity index (χ1n) is 8.74. The molecule has 0 saturated heterocycles. The van der Waals surface area contributed by atoms with Gasteiger partial charge in [-0.2, -0.15) is 0 Å². The Kier molecular flexibility index (Phi) is 6.31. The molecule has 0 fully saturated rings. The van der Waals surface area contributed by atoms with Crippen LogP contribution in [0.1, 0.15) is 21.1 Å². The van der Waals surface area contributed by atoms with Crippen molar-refractivity contribution in [1.82, 2.24) is 9.29 Å². The molecule has 1 aromatic heterocycles. The van der Waals surface area contributed by atoms with Gasteiger partial charge in [0.2, 0.25) is 10.0 Å². The van der Waals surface area contributed by atoms with Gasteiger partial charge in [-0.3, -0.25) is 4.79 Å². The molecular weight excluding hydrogens is 410 g/mol. The number of hydrogen-bond donors (Lipinski definition) is 1. The summed E-state index contributed by atoms with van der Waals surface area (Å²) in [6, 6.07) is 13.0. The zero-order valence-corrected chi connectivity index (χ0v) is 17.9. The molecule has 3 rings (SSSR count). The molecule has 0 spiro atoms. The molecule has 0 atom stereocenters. The van der Waals surface area contributed by atoms with Crippen molar-refractivity contribution in [2.45, 2.75) is 18.4 Å². The average Bonchev–Trinajstić information content (AvgIpc) is 3.12. The van der Waals surface area contributed by atoms with Crippen LogP contribution in [0.4, 0.5) is 5.69 Å². The second kappa shape index (κ2) is 8.73. The maximum Gasteiger partial charge on any atom is 0.255 e. The van der Waals surface area contributed by atoms with Gasteiger partial charge in [-0.25, -0.2) is 17.7 Å². The molecule has 0 saturated carbocycles. The van der Waals surface area contributed by atoms with Crippen LogP contribution >= 0.6 is 11.3 Å². The number of nitrogens with one attached hydrogen (secondary N) is 1. The minimum atomic E-state index is -3.69. The Labute approximate surface area is 174 Å². The van der Waals surface area contributed by atoms with Gasteiger partial charge in [-0.1, -0.05) is 18.2 Å². The Morgan fingerprint density at radius 2 is 1.93 bits per heavy atom. The van der Waals surface area contributed by atoms with Crippen molar-refractivity contribution >= 4 is 33.0 Å². The lowest BCUT2D eigenvalue weighted by Crippen LogP contribution is -2.24. The summed E-state index contributed by atoms with van der Waals surface area (Å²) in [4.78, 5) is 17.1. The third kappa shape index (κ3) is 5.00. The topological polar surface area (TPSA) is 88.6 Å². The summed E-state index contributed by atoms with van der Waals surface area (Å²) >= 11 is 1.55. The molecule has 0 aliphatic heterocycles. The van der Waals surface area contributed by atoms with Crippen molar-refractivity contribution < 1.29 is 17.9 Å². The average molecular weight is 432 g/mol. The Balaban J connectivity index is 1.77. The zero-order chi connectivity index (χ0) is 21.0. The summed E-state index contributed by atoms with van der Waals surface area (Å²) in [6.07, 6.45) is 0. The largest absolute Gasteiger partial charge is 0.487 e. The van der Waals surface area contributed by atoms with Crippen molar-refractivity contribution in [3.8, 4) is 5.75 Å². The lowest BCUT2D eigenvalue weighted by Gasteiger charge is -2.15. The second-order valence-electron chi connectivity index (χ2n) is 6.41. The number of anilines is 1. The van der Waals surface area contributed by atoms with Crippen LogP contribution in [0.5, 0.6) is 5.75 Å². The number of carbonyl (C=O) groups excluding carboxylic acids is 1. The third-order valence-corrected chi connectivity index (χ3v) is 6.74. The van der Waals surface area contributed by atoms with Gasteiger partial charge in [0.25, 0.3) is 5.91 Å². The van der Waals surface area contributed by atoms with E-state index in [1.54, 1.807) is 53.8 Å². The molecule has 3 aromatic rings. The van der Waals surface area contributed by atoms with Gasteiger partial charge < -0.3 is 10.1 Å². The van der Waals surface area contributed by atoms with E-state index >= 15 is 0 Å². The summed E-state index contributed by atoms with van der Waals surface area (Å²) in [7, 11) is -0.807. The van der Waals surface area contributed by atoms with E-state index in [-0.39, 0.29) is 10.6 Å². The highest BCUT2D eigenvalue weighted by atomic mass is 32.2. The monoisotopic (exact) mass is 431 g/mol. The Bertz CT molecular complexity index is 1120. The number of rotatable bonds is 7. The van der Waals surface area contributed by atoms with Crippen molar-refractivity contribution in [2.75, 3.05) is 19.4 Å². The summed E-state index contributed by atoms with van der Waals surface area (Å²) in [5.74, 6) is 0.0962. The van der Waals surface area contributed by atoms with Gasteiger partial charge in [-0.15, -0.1) is 11.3 Å². The first-order chi connectivity index (χ1) is 13.8. The van der Waals surface area contributed by atoms with E-state index in [1.807, 2.05) is 12.3 Å². The molecule has 0 aliphatic carbocycles. The Hall–Kier alpha value is -2.75. The number of para-hydroxylation sites is 1. The molecule has 0 bridgehead atoms. The van der Waals surface area contributed by atoms with Gasteiger partial charge in [0.15, 0.2) is 0 Å². The van der Waals surface area contributed by atoms with E-state index in [2.05, 4.69) is 10.3 Å². The number of benzene rings is 2. The molecule has 1 amide bonds. The quantitative estimate of drug-likeness (QED) is 0.618. The fourth-order valence-electron chi connectivity index (χ4n) is 2.54. The lowest BCUT2D eigenvalue weighted by molar-refractivity contribution is 0.102. The SMILES string of the molecule is Cc1nc(COc2cccc(C(=O)Nc3ccccc3S(=O)(=O)N(C)C)c2)cs1. The van der Waals surface area contributed by atoms with E-state index in [4.69, 9.17) is 4.74 Å². The Morgan fingerprint density at radius 1 is 1.17 bits per heavy atom. The molecule has 9 heteroatoms. The van der Waals surface area contributed by atoms with E-state index in [9.17, 15) is 13.2 Å². The predicted octanol–water partition coefficient (Wildman–Crippen LogP) is 3.53. The molecule has 29 heavy (non-hydrogen) atoms. The maximum absolute atomic E-state index is 12.7. The number of carbonyl (C=O) groups is 1. The van der Waals surface area contributed by atoms with Crippen LogP contribution in [0.15, 0.2) is 58.8 Å². The highest BCUT2D eigenvalue weighted by molar-refractivity contribution is 7.89. The van der Waals surface area contributed by atoms with Crippen molar-refractivity contribution in [1.29, 1.82) is 0 Å². The number of ether oxygens (including phenoxy) is 1. The van der Waals surface area contributed by atoms with Gasteiger partial charge in [0.1, 0.15) is 17.3 Å². The predicted molar refractivity (Wildman–Crippen MR) is 113 cm³/mol. The number of thiazole rings is 1. The van der Waals surface area contributed by atoms with Crippen LogP contribution in [-0.2, 0) is 16.6 Å². The molecule has 0 aliphatic rings. The number of aromatic nitrogens is 1. The van der Waals surface area contributed by atoms with Gasteiger partial charge >= 0.3 is 0 Å². The summed E-state index contributed by atoms with van der Waals surface area (Å²) in [5.41, 5.74) is 1.40. The van der Waals surface area contributed by atoms with E-state index in [0.29, 0.717) is 17.9 Å². The number of aryl methyl sites for hydroxylation is 1. The van der Waals surface area contributed by atoms with Gasteiger partial charge in [-0.05, 0) is 37.3 Å². The van der Waals surface area contributed by atoms with Crippen LogP contribution in [0, 0.1) is 6.92 Å². The van der Waals surface area contributed by atoms with Crippen LogP contribution in [0.25, 0.3) is 0 Å². The molecule has 1 N–H and O–H groups in total. The number of hydrogen-bond acceptors (Lipinski definition) is 6. The highest BCUT2D eigenvalue weighted by Crippen LogP contribution is 2.24. The van der Waals surface area contributed by atoms with Crippen LogP contribution in [0.2, 0.25) is 0 Å². The van der Waals surface area contributed by atoms with Crippen molar-refractivity contribution in [2.24, 2.45) is 0 Å². The molecule has 152 valence electrons. The molecular formula is C20H21N3O4S2. The fourth-order valence-corrected chi connectivity index (χ4v) is 4.18. The smallest absolute Gasteiger partial charge is 0.255 e. The molecule has 7 nitrogen and oxygen atoms in total. The fraction of sp³-hybridized carbons (Fsp3) is 0.200. The van der Waals surface area contributed by atoms with E-state index < -0.39 is 15.9 Å². The molecule has 0 radical (unpaired) electrons. The summed E-state index contributed by atoms with van der Waals surface area (Å²) in [6.45, 7) is 2.23. The molecule has 0 unspecified atom stereocenters. The second-order valence-corrected chi connectivity index (χ2v) is 9.59. The van der Waals surface area contributed by atoms with Crippen LogP contribution in [0.3, 0.4) is 0 Å². The standard InChI is InChI=1S/C20H21N3O4S2/c1-14-21-16(13-28-14)12-27-17-8-6-7-15(11-17)20(24)22-18-9-4-5-10-19(18)29(25,26)23(2)3/h4-11,13H,12H2,1-3H3,(H,22,24). The normalized spacial score (nSPS) is 11.4. The minimum absolute atomic E-state index is 0.0321. The summed E-state index contributed by atoms with van der Waals surface area (Å²) < 4.78 is 31.8. The summed E-state index contributed by atoms with van der Waals surface area (Å²) in [5, 5.41) is 5.57. The number of sulfonamides is 1. The van der Waals surface area contributed by atoms with E-state index in [0.717, 1.165) is 15.0 Å². The van der Waals surface area contributed by atoms with Crippen LogP contribution < -0.4 is 10.1 Å². The van der Waals surface area contributed by atoms with E-state index in [1.165, 1.54) is 20.2 Å². The maximum atomic E-state index is 12.7. The number of amides is 1. The van der Waals surface area contributed by atoms with Gasteiger partial charge in [0.05, 0.1) is 16.4 Å². The van der Waals surface area contributed by atoms with Crippen molar-refractivity contribution in [3.05, 3.63) is 70.2 Å².